The highest BCUT2D eigenvalue weighted by Crippen LogP contribution is 2.30. The molecule has 0 aliphatic carbocycles. The molecule has 5 nitrogen and oxygen atoms in total. The zero-order valence-electron chi connectivity index (χ0n) is 11.7. The van der Waals surface area contributed by atoms with Crippen LogP contribution in [0.2, 0.25) is 0 Å². The van der Waals surface area contributed by atoms with Crippen LogP contribution in [0.3, 0.4) is 0 Å². The highest BCUT2D eigenvalue weighted by molar-refractivity contribution is 5.61. The van der Waals surface area contributed by atoms with Crippen molar-refractivity contribution in [2.45, 2.75) is 0 Å². The predicted octanol–water partition coefficient (Wildman–Crippen LogP) is 1.50. The number of benzene rings is 1. The highest BCUT2D eigenvalue weighted by atomic mass is 16.3. The number of phenolic OH excluding ortho intramolecular Hbond substituents is 1. The Kier molecular flexibility index (Phi) is 3.00. The Bertz CT molecular complexity index is 631. The molecule has 2 N–H and O–H groups in total. The van der Waals surface area contributed by atoms with Crippen molar-refractivity contribution < 1.29 is 5.11 Å². The second-order valence-corrected chi connectivity index (χ2v) is 5.91. The van der Waals surface area contributed by atoms with Crippen molar-refractivity contribution in [3.63, 3.8) is 0 Å². The monoisotopic (exact) mass is 282 g/mol. The number of nitrogens with zero attached hydrogens (tertiary/aromatic N) is 3. The van der Waals surface area contributed by atoms with E-state index >= 15 is 0 Å². The van der Waals surface area contributed by atoms with Gasteiger partial charge in [-0.05, 0) is 36.1 Å². The van der Waals surface area contributed by atoms with Gasteiger partial charge in [0.05, 0.1) is 5.69 Å². The summed E-state index contributed by atoms with van der Waals surface area (Å²) in [6.45, 7) is 4.38. The second-order valence-electron chi connectivity index (χ2n) is 5.91. The van der Waals surface area contributed by atoms with Gasteiger partial charge in [0.1, 0.15) is 5.75 Å². The third-order valence-electron chi connectivity index (χ3n) is 4.51. The first-order valence-electron chi connectivity index (χ1n) is 7.38. The number of hydrogen-bond acceptors (Lipinski definition) is 5. The number of aromatic nitrogens is 2. The number of rotatable bonds is 2. The summed E-state index contributed by atoms with van der Waals surface area (Å²) in [6.07, 6.45) is 0. The minimum absolute atomic E-state index is 0.248. The Hall–Kier alpha value is -2.14. The van der Waals surface area contributed by atoms with Gasteiger partial charge in [-0.2, -0.15) is 0 Å². The summed E-state index contributed by atoms with van der Waals surface area (Å²) in [5.41, 5.74) is 1.67. The van der Waals surface area contributed by atoms with Gasteiger partial charge in [0, 0.05) is 31.7 Å². The van der Waals surface area contributed by atoms with Gasteiger partial charge in [-0.1, -0.05) is 12.1 Å². The standard InChI is InChI=1S/C16H18N4O/c21-14-3-1-2-11(6-14)15-4-5-16(19-18-15)20-9-12-7-17-8-13(12)10-20/h1-6,12-13,17,21H,7-10H2. The van der Waals surface area contributed by atoms with E-state index in [0.717, 1.165) is 55.1 Å². The molecule has 2 aliphatic heterocycles. The molecule has 1 aromatic carbocycles. The summed E-state index contributed by atoms with van der Waals surface area (Å²) in [6, 6.07) is 11.1. The van der Waals surface area contributed by atoms with E-state index in [9.17, 15) is 5.11 Å². The van der Waals surface area contributed by atoms with Gasteiger partial charge >= 0.3 is 0 Å². The van der Waals surface area contributed by atoms with Gasteiger partial charge in [-0.25, -0.2) is 0 Å². The molecule has 3 heterocycles. The number of phenols is 1. The third-order valence-corrected chi connectivity index (χ3v) is 4.51. The lowest BCUT2D eigenvalue weighted by Gasteiger charge is -2.17. The lowest BCUT2D eigenvalue weighted by molar-refractivity contribution is 0.475. The average molecular weight is 282 g/mol. The second kappa shape index (κ2) is 5.00. The van der Waals surface area contributed by atoms with Gasteiger partial charge in [-0.3, -0.25) is 0 Å². The van der Waals surface area contributed by atoms with Crippen molar-refractivity contribution >= 4 is 5.82 Å². The Morgan fingerprint density at radius 3 is 2.52 bits per heavy atom. The van der Waals surface area contributed by atoms with E-state index in [1.54, 1.807) is 12.1 Å². The van der Waals surface area contributed by atoms with Crippen LogP contribution in [0.15, 0.2) is 36.4 Å². The van der Waals surface area contributed by atoms with Crippen LogP contribution in [0, 0.1) is 11.8 Å². The van der Waals surface area contributed by atoms with Crippen LogP contribution in [0.25, 0.3) is 11.3 Å². The largest absolute Gasteiger partial charge is 0.508 e. The SMILES string of the molecule is Oc1cccc(-c2ccc(N3CC4CNCC4C3)nn2)c1. The topological polar surface area (TPSA) is 61.3 Å². The van der Waals surface area contributed by atoms with Crippen molar-refractivity contribution in [2.24, 2.45) is 11.8 Å². The molecule has 2 aliphatic rings. The van der Waals surface area contributed by atoms with Gasteiger partial charge in [0.25, 0.3) is 0 Å². The first kappa shape index (κ1) is 12.6. The smallest absolute Gasteiger partial charge is 0.151 e. The molecule has 0 amide bonds. The number of anilines is 1. The first-order valence-corrected chi connectivity index (χ1v) is 7.38. The minimum atomic E-state index is 0.248. The number of nitrogens with one attached hydrogen (secondary N) is 1. The maximum Gasteiger partial charge on any atom is 0.151 e. The normalized spacial score (nSPS) is 24.3. The van der Waals surface area contributed by atoms with Crippen LogP contribution in [-0.2, 0) is 0 Å². The maximum absolute atomic E-state index is 9.53. The fourth-order valence-corrected chi connectivity index (χ4v) is 3.36. The highest BCUT2D eigenvalue weighted by Gasteiger charge is 2.36. The van der Waals surface area contributed by atoms with Crippen LogP contribution < -0.4 is 10.2 Å². The minimum Gasteiger partial charge on any atom is -0.508 e. The van der Waals surface area contributed by atoms with E-state index in [-0.39, 0.29) is 5.75 Å². The summed E-state index contributed by atoms with van der Waals surface area (Å²) in [5, 5.41) is 21.7. The van der Waals surface area contributed by atoms with Crippen molar-refractivity contribution in [3.05, 3.63) is 36.4 Å². The molecule has 5 heteroatoms. The van der Waals surface area contributed by atoms with Crippen molar-refractivity contribution in [1.82, 2.24) is 15.5 Å². The quantitative estimate of drug-likeness (QED) is 0.874. The van der Waals surface area contributed by atoms with E-state index in [0.29, 0.717) is 0 Å². The fraction of sp³-hybridized carbons (Fsp3) is 0.375. The molecule has 2 fully saturated rings. The maximum atomic E-state index is 9.53. The molecule has 2 aromatic rings. The van der Waals surface area contributed by atoms with E-state index in [1.807, 2.05) is 24.3 Å². The lowest BCUT2D eigenvalue weighted by atomic mass is 10.0. The molecular formula is C16H18N4O. The Labute approximate surface area is 123 Å². The molecule has 108 valence electrons. The van der Waals surface area contributed by atoms with Gasteiger partial charge < -0.3 is 15.3 Å². The molecule has 2 saturated heterocycles. The molecule has 0 saturated carbocycles. The van der Waals surface area contributed by atoms with Crippen LogP contribution in [0.5, 0.6) is 5.75 Å². The van der Waals surface area contributed by atoms with Crippen LogP contribution >= 0.6 is 0 Å². The Morgan fingerprint density at radius 1 is 1.05 bits per heavy atom. The average Bonchev–Trinajstić information content (AvgIpc) is 3.09. The van der Waals surface area contributed by atoms with E-state index in [2.05, 4.69) is 20.4 Å². The zero-order chi connectivity index (χ0) is 14.2. The molecule has 21 heavy (non-hydrogen) atoms. The number of hydrogen-bond donors (Lipinski definition) is 2. The molecule has 4 rings (SSSR count). The predicted molar refractivity (Wildman–Crippen MR) is 81.2 cm³/mol. The van der Waals surface area contributed by atoms with Crippen LogP contribution in [0.1, 0.15) is 0 Å². The molecule has 0 radical (unpaired) electrons. The summed E-state index contributed by atoms with van der Waals surface area (Å²) in [7, 11) is 0. The van der Waals surface area contributed by atoms with Gasteiger partial charge in [0.15, 0.2) is 5.82 Å². The van der Waals surface area contributed by atoms with Crippen LogP contribution in [-0.4, -0.2) is 41.5 Å². The van der Waals surface area contributed by atoms with Crippen molar-refractivity contribution in [3.8, 4) is 17.0 Å². The molecule has 1 aromatic heterocycles. The van der Waals surface area contributed by atoms with E-state index in [1.165, 1.54) is 0 Å². The lowest BCUT2D eigenvalue weighted by Crippen LogP contribution is -2.26. The molecule has 2 atom stereocenters. The molecule has 0 spiro atoms. The number of aromatic hydroxyl groups is 1. The Morgan fingerprint density at radius 2 is 1.86 bits per heavy atom. The van der Waals surface area contributed by atoms with E-state index in [4.69, 9.17) is 0 Å². The number of fused-ring (bicyclic) bond motifs is 1. The molecular weight excluding hydrogens is 264 g/mol. The van der Waals surface area contributed by atoms with E-state index < -0.39 is 0 Å². The first-order chi connectivity index (χ1) is 10.3. The van der Waals surface area contributed by atoms with Gasteiger partial charge in [0.2, 0.25) is 0 Å². The third kappa shape index (κ3) is 2.34. The summed E-state index contributed by atoms with van der Waals surface area (Å²) in [5.74, 6) is 2.70. The summed E-state index contributed by atoms with van der Waals surface area (Å²) < 4.78 is 0. The van der Waals surface area contributed by atoms with Crippen molar-refractivity contribution in [2.75, 3.05) is 31.1 Å². The van der Waals surface area contributed by atoms with Crippen LogP contribution in [0.4, 0.5) is 5.82 Å². The van der Waals surface area contributed by atoms with Crippen molar-refractivity contribution in [1.29, 1.82) is 0 Å². The zero-order valence-corrected chi connectivity index (χ0v) is 11.7. The summed E-state index contributed by atoms with van der Waals surface area (Å²) in [4.78, 5) is 2.33. The Balaban J connectivity index is 1.54. The molecule has 2 unspecified atom stereocenters. The fourth-order valence-electron chi connectivity index (χ4n) is 3.36. The van der Waals surface area contributed by atoms with Gasteiger partial charge in [-0.15, -0.1) is 10.2 Å². The molecule has 0 bridgehead atoms. The summed E-state index contributed by atoms with van der Waals surface area (Å²) >= 11 is 0.